The van der Waals surface area contributed by atoms with E-state index < -0.39 is 11.9 Å². The van der Waals surface area contributed by atoms with E-state index in [-0.39, 0.29) is 0 Å². The molecule has 188 valence electrons. The fourth-order valence-electron chi connectivity index (χ4n) is 4.82. The number of ether oxygens (including phenoxy) is 2. The molecule has 0 fully saturated rings. The smallest absolute Gasteiger partial charge is 0.343 e. The molecule has 0 aliphatic carbocycles. The molecular weight excluding hydrogens is 484 g/mol. The van der Waals surface area contributed by atoms with Crippen molar-refractivity contribution in [1.82, 2.24) is 0 Å². The summed E-state index contributed by atoms with van der Waals surface area (Å²) in [6, 6.07) is 41.5. The molecular formula is C35H24O4. The predicted molar refractivity (Wildman–Crippen MR) is 154 cm³/mol. The molecule has 0 aliphatic heterocycles. The third kappa shape index (κ3) is 5.13. The van der Waals surface area contributed by atoms with Crippen molar-refractivity contribution < 1.29 is 19.1 Å². The molecule has 0 amide bonds. The SMILES string of the molecule is O=C(Oc1cc(Cc2c(OC(=O)c3ccccc3)ccc3ccccc23)c2ccccc2c1)c1ccccc1. The minimum atomic E-state index is -0.417. The monoisotopic (exact) mass is 508 g/mol. The Morgan fingerprint density at radius 1 is 0.513 bits per heavy atom. The molecule has 0 bridgehead atoms. The largest absolute Gasteiger partial charge is 0.423 e. The quantitative estimate of drug-likeness (QED) is 0.169. The molecule has 0 saturated carbocycles. The van der Waals surface area contributed by atoms with Gasteiger partial charge in [-0.05, 0) is 69.6 Å². The van der Waals surface area contributed by atoms with Crippen molar-refractivity contribution in [3.63, 3.8) is 0 Å². The lowest BCUT2D eigenvalue weighted by molar-refractivity contribution is 0.0724. The van der Waals surface area contributed by atoms with Crippen molar-refractivity contribution in [3.8, 4) is 11.5 Å². The summed E-state index contributed by atoms with van der Waals surface area (Å²) in [5.41, 5.74) is 2.81. The van der Waals surface area contributed by atoms with Gasteiger partial charge < -0.3 is 9.47 Å². The third-order valence-electron chi connectivity index (χ3n) is 6.72. The average Bonchev–Trinajstić information content (AvgIpc) is 2.99. The van der Waals surface area contributed by atoms with Crippen molar-refractivity contribution in [1.29, 1.82) is 0 Å². The summed E-state index contributed by atoms with van der Waals surface area (Å²) < 4.78 is 11.8. The third-order valence-corrected chi connectivity index (χ3v) is 6.72. The van der Waals surface area contributed by atoms with Gasteiger partial charge in [-0.1, -0.05) is 91.0 Å². The van der Waals surface area contributed by atoms with Crippen molar-refractivity contribution in [3.05, 3.63) is 156 Å². The van der Waals surface area contributed by atoms with Crippen LogP contribution in [0.25, 0.3) is 21.5 Å². The van der Waals surface area contributed by atoms with Gasteiger partial charge in [0.1, 0.15) is 11.5 Å². The molecule has 0 radical (unpaired) electrons. The van der Waals surface area contributed by atoms with Crippen LogP contribution in [0, 0.1) is 0 Å². The Kier molecular flexibility index (Phi) is 6.59. The van der Waals surface area contributed by atoms with Crippen LogP contribution in [-0.2, 0) is 6.42 Å². The molecule has 6 aromatic rings. The number of rotatable bonds is 6. The zero-order chi connectivity index (χ0) is 26.6. The van der Waals surface area contributed by atoms with E-state index in [1.807, 2.05) is 97.1 Å². The predicted octanol–water partition coefficient (Wildman–Crippen LogP) is 8.02. The van der Waals surface area contributed by atoms with Crippen LogP contribution in [0.2, 0.25) is 0 Å². The van der Waals surface area contributed by atoms with E-state index in [0.29, 0.717) is 29.0 Å². The maximum absolute atomic E-state index is 13.0. The Hall–Kier alpha value is -5.22. The first kappa shape index (κ1) is 24.1. The van der Waals surface area contributed by atoms with E-state index >= 15 is 0 Å². The normalized spacial score (nSPS) is 10.9. The van der Waals surface area contributed by atoms with Gasteiger partial charge in [0.05, 0.1) is 11.1 Å². The van der Waals surface area contributed by atoms with Crippen LogP contribution in [0.5, 0.6) is 11.5 Å². The Morgan fingerprint density at radius 3 is 1.77 bits per heavy atom. The van der Waals surface area contributed by atoms with Crippen molar-refractivity contribution in [2.24, 2.45) is 0 Å². The van der Waals surface area contributed by atoms with Crippen molar-refractivity contribution in [2.45, 2.75) is 6.42 Å². The molecule has 6 rings (SSSR count). The summed E-state index contributed by atoms with van der Waals surface area (Å²) in [5, 5.41) is 4.02. The molecule has 39 heavy (non-hydrogen) atoms. The van der Waals surface area contributed by atoms with Gasteiger partial charge in [-0.15, -0.1) is 0 Å². The minimum Gasteiger partial charge on any atom is -0.423 e. The fourth-order valence-corrected chi connectivity index (χ4v) is 4.82. The van der Waals surface area contributed by atoms with Gasteiger partial charge in [-0.25, -0.2) is 9.59 Å². The molecule has 0 saturated heterocycles. The second-order valence-electron chi connectivity index (χ2n) is 9.25. The highest BCUT2D eigenvalue weighted by atomic mass is 16.5. The van der Waals surface area contributed by atoms with Gasteiger partial charge >= 0.3 is 11.9 Å². The van der Waals surface area contributed by atoms with Crippen LogP contribution in [0.4, 0.5) is 0 Å². The number of fused-ring (bicyclic) bond motifs is 2. The van der Waals surface area contributed by atoms with Gasteiger partial charge in [0.15, 0.2) is 0 Å². The Morgan fingerprint density at radius 2 is 1.08 bits per heavy atom. The topological polar surface area (TPSA) is 52.6 Å². The molecule has 0 heterocycles. The number of esters is 2. The molecule has 0 aromatic heterocycles. The Labute approximate surface area is 226 Å². The molecule has 0 atom stereocenters. The lowest BCUT2D eigenvalue weighted by Gasteiger charge is -2.16. The van der Waals surface area contributed by atoms with Crippen LogP contribution in [-0.4, -0.2) is 11.9 Å². The minimum absolute atomic E-state index is 0.414. The lowest BCUT2D eigenvalue weighted by Crippen LogP contribution is -2.10. The number of hydrogen-bond acceptors (Lipinski definition) is 4. The number of hydrogen-bond donors (Lipinski definition) is 0. The van der Waals surface area contributed by atoms with Crippen LogP contribution >= 0.6 is 0 Å². The summed E-state index contributed by atoms with van der Waals surface area (Å²) in [5.74, 6) is 0.126. The summed E-state index contributed by atoms with van der Waals surface area (Å²) >= 11 is 0. The highest BCUT2D eigenvalue weighted by Crippen LogP contribution is 2.34. The summed E-state index contributed by atoms with van der Waals surface area (Å²) in [7, 11) is 0. The highest BCUT2D eigenvalue weighted by Gasteiger charge is 2.17. The highest BCUT2D eigenvalue weighted by molar-refractivity contribution is 5.95. The Balaban J connectivity index is 1.43. The van der Waals surface area contributed by atoms with E-state index in [1.54, 1.807) is 36.4 Å². The van der Waals surface area contributed by atoms with E-state index in [1.165, 1.54) is 0 Å². The van der Waals surface area contributed by atoms with E-state index in [0.717, 1.165) is 32.7 Å². The molecule has 4 heteroatoms. The van der Waals surface area contributed by atoms with Crippen LogP contribution < -0.4 is 9.47 Å². The zero-order valence-electron chi connectivity index (χ0n) is 21.0. The van der Waals surface area contributed by atoms with Crippen LogP contribution in [0.3, 0.4) is 0 Å². The van der Waals surface area contributed by atoms with Gasteiger partial charge in [-0.2, -0.15) is 0 Å². The maximum Gasteiger partial charge on any atom is 0.343 e. The van der Waals surface area contributed by atoms with Crippen LogP contribution in [0.1, 0.15) is 31.8 Å². The first-order chi connectivity index (χ1) is 19.2. The molecule has 0 unspecified atom stereocenters. The molecule has 0 spiro atoms. The fraction of sp³-hybridized carbons (Fsp3) is 0.0286. The van der Waals surface area contributed by atoms with Gasteiger partial charge in [0.25, 0.3) is 0 Å². The zero-order valence-corrected chi connectivity index (χ0v) is 21.0. The molecule has 6 aromatic carbocycles. The maximum atomic E-state index is 13.0. The second-order valence-corrected chi connectivity index (χ2v) is 9.25. The van der Waals surface area contributed by atoms with Crippen LogP contribution in [0.15, 0.2) is 133 Å². The summed E-state index contributed by atoms with van der Waals surface area (Å²) in [6.07, 6.45) is 0.468. The summed E-state index contributed by atoms with van der Waals surface area (Å²) in [4.78, 5) is 25.8. The first-order valence-corrected chi connectivity index (χ1v) is 12.7. The first-order valence-electron chi connectivity index (χ1n) is 12.7. The molecule has 4 nitrogen and oxygen atoms in total. The second kappa shape index (κ2) is 10.6. The molecule has 0 aliphatic rings. The Bertz CT molecular complexity index is 1810. The average molecular weight is 509 g/mol. The lowest BCUT2D eigenvalue weighted by atomic mass is 9.94. The number of carbonyl (C=O) groups excluding carboxylic acids is 2. The summed E-state index contributed by atoms with van der Waals surface area (Å²) in [6.45, 7) is 0. The van der Waals surface area contributed by atoms with E-state index in [2.05, 4.69) is 0 Å². The van der Waals surface area contributed by atoms with E-state index in [9.17, 15) is 9.59 Å². The van der Waals surface area contributed by atoms with Gasteiger partial charge in [0.2, 0.25) is 0 Å². The van der Waals surface area contributed by atoms with E-state index in [4.69, 9.17) is 9.47 Å². The van der Waals surface area contributed by atoms with Crippen molar-refractivity contribution >= 4 is 33.5 Å². The van der Waals surface area contributed by atoms with Gasteiger partial charge in [-0.3, -0.25) is 0 Å². The number of carbonyl (C=O) groups is 2. The van der Waals surface area contributed by atoms with Gasteiger partial charge in [0, 0.05) is 12.0 Å². The van der Waals surface area contributed by atoms with Crippen molar-refractivity contribution in [2.75, 3.05) is 0 Å². The molecule has 0 N–H and O–H groups in total. The number of benzene rings is 6. The standard InChI is InChI=1S/C35H24O4/c36-34(25-12-3-1-4-13-25)38-29-21-27-16-8-9-17-30(27)28(22-29)23-32-31-18-10-7-11-24(31)19-20-33(32)39-35(37)26-14-5-2-6-15-26/h1-22H,23H2.